The molecular formula is C19H18Cl2FN5O2S. The summed E-state index contributed by atoms with van der Waals surface area (Å²) < 4.78 is 42.5. The number of sulfonamides is 1. The zero-order valence-electron chi connectivity index (χ0n) is 15.8. The van der Waals surface area contributed by atoms with E-state index in [1.165, 1.54) is 35.2 Å². The third-order valence-corrected chi connectivity index (χ3v) is 7.44. The molecule has 0 aliphatic carbocycles. The lowest BCUT2D eigenvalue weighted by Gasteiger charge is -2.21. The number of hydrogen-bond acceptors (Lipinski definition) is 5. The van der Waals surface area contributed by atoms with Gasteiger partial charge in [-0.2, -0.15) is 4.31 Å². The van der Waals surface area contributed by atoms with Crippen LogP contribution in [0.2, 0.25) is 10.0 Å². The summed E-state index contributed by atoms with van der Waals surface area (Å²) >= 11 is 12.0. The van der Waals surface area contributed by atoms with Gasteiger partial charge in [-0.25, -0.2) is 22.8 Å². The molecule has 7 nitrogen and oxygen atoms in total. The first-order chi connectivity index (χ1) is 14.2. The van der Waals surface area contributed by atoms with Gasteiger partial charge < -0.3 is 9.88 Å². The Balaban J connectivity index is 1.66. The number of pyridine rings is 1. The van der Waals surface area contributed by atoms with Crippen LogP contribution in [0.15, 0.2) is 54.1 Å². The van der Waals surface area contributed by atoms with E-state index in [2.05, 4.69) is 15.3 Å². The summed E-state index contributed by atoms with van der Waals surface area (Å²) in [7, 11) is -2.08. The number of benzene rings is 1. The van der Waals surface area contributed by atoms with Gasteiger partial charge in [-0.05, 0) is 17.7 Å². The summed E-state index contributed by atoms with van der Waals surface area (Å²) in [4.78, 5) is 8.21. The van der Waals surface area contributed by atoms with Gasteiger partial charge in [-0.3, -0.25) is 0 Å². The smallest absolute Gasteiger partial charge is 0.262 e. The Hall–Kier alpha value is -2.20. The van der Waals surface area contributed by atoms with E-state index in [0.717, 1.165) is 5.56 Å². The van der Waals surface area contributed by atoms with Crippen molar-refractivity contribution in [2.24, 2.45) is 7.05 Å². The van der Waals surface area contributed by atoms with E-state index >= 15 is 0 Å². The van der Waals surface area contributed by atoms with Gasteiger partial charge in [0.05, 0.1) is 16.4 Å². The topological polar surface area (TPSA) is 80.1 Å². The minimum atomic E-state index is -3.79. The first-order valence-electron chi connectivity index (χ1n) is 9.05. The molecule has 1 fully saturated rings. The molecular weight excluding hydrogens is 452 g/mol. The number of rotatable bonds is 5. The number of imidazole rings is 1. The van der Waals surface area contributed by atoms with Crippen LogP contribution in [0.1, 0.15) is 11.5 Å². The number of nitrogens with one attached hydrogen (secondary N) is 1. The molecule has 3 aromatic rings. The number of halogens is 3. The Morgan fingerprint density at radius 1 is 1.13 bits per heavy atom. The molecule has 1 aromatic carbocycles. The van der Waals surface area contributed by atoms with Gasteiger partial charge in [-0.1, -0.05) is 35.3 Å². The van der Waals surface area contributed by atoms with Crippen molar-refractivity contribution in [1.82, 2.24) is 18.8 Å². The highest BCUT2D eigenvalue weighted by Crippen LogP contribution is 2.33. The van der Waals surface area contributed by atoms with Crippen LogP contribution in [0.4, 0.5) is 10.2 Å². The minimum absolute atomic E-state index is 0.0174. The molecule has 3 heterocycles. The van der Waals surface area contributed by atoms with Crippen LogP contribution >= 0.6 is 23.2 Å². The first kappa shape index (κ1) is 21.0. The van der Waals surface area contributed by atoms with Gasteiger partial charge in [0.15, 0.2) is 5.03 Å². The van der Waals surface area contributed by atoms with Crippen LogP contribution < -0.4 is 5.32 Å². The van der Waals surface area contributed by atoms with Crippen LogP contribution in [0, 0.1) is 5.82 Å². The molecule has 1 saturated heterocycles. The molecule has 0 saturated carbocycles. The molecule has 2 aromatic heterocycles. The molecule has 0 radical (unpaired) electrons. The summed E-state index contributed by atoms with van der Waals surface area (Å²) in [5.74, 6) is -0.121. The fourth-order valence-electron chi connectivity index (χ4n) is 3.50. The number of nitrogens with zero attached hydrogens (tertiary/aromatic N) is 4. The van der Waals surface area contributed by atoms with E-state index in [1.54, 1.807) is 29.8 Å². The molecule has 2 atom stereocenters. The lowest BCUT2D eigenvalue weighted by atomic mass is 9.94. The quantitative estimate of drug-likeness (QED) is 0.617. The third kappa shape index (κ3) is 4.15. The Morgan fingerprint density at radius 2 is 1.87 bits per heavy atom. The zero-order valence-corrected chi connectivity index (χ0v) is 18.2. The van der Waals surface area contributed by atoms with Crippen molar-refractivity contribution in [3.8, 4) is 0 Å². The van der Waals surface area contributed by atoms with E-state index in [-0.39, 0.29) is 35.9 Å². The average molecular weight is 470 g/mol. The van der Waals surface area contributed by atoms with Crippen molar-refractivity contribution in [2.45, 2.75) is 17.0 Å². The molecule has 0 amide bonds. The van der Waals surface area contributed by atoms with E-state index in [4.69, 9.17) is 23.2 Å². The van der Waals surface area contributed by atoms with Gasteiger partial charge in [-0.15, -0.1) is 0 Å². The molecule has 0 unspecified atom stereocenters. The van der Waals surface area contributed by atoms with Crippen molar-refractivity contribution < 1.29 is 12.8 Å². The molecule has 11 heteroatoms. The highest BCUT2D eigenvalue weighted by molar-refractivity contribution is 7.89. The number of anilines is 1. The second-order valence-electron chi connectivity index (χ2n) is 7.09. The summed E-state index contributed by atoms with van der Waals surface area (Å²) in [5.41, 5.74) is 0.813. The van der Waals surface area contributed by atoms with Crippen molar-refractivity contribution in [3.63, 3.8) is 0 Å². The summed E-state index contributed by atoms with van der Waals surface area (Å²) in [6, 6.07) is 7.31. The Kier molecular flexibility index (Phi) is 5.71. The average Bonchev–Trinajstić information content (AvgIpc) is 3.33. The van der Waals surface area contributed by atoms with Crippen molar-refractivity contribution >= 4 is 39.0 Å². The summed E-state index contributed by atoms with van der Waals surface area (Å²) in [5, 5.41) is 3.89. The lowest BCUT2D eigenvalue weighted by Crippen LogP contribution is -2.32. The second kappa shape index (κ2) is 8.14. The minimum Gasteiger partial charge on any atom is -0.365 e. The van der Waals surface area contributed by atoms with Gasteiger partial charge >= 0.3 is 0 Å². The lowest BCUT2D eigenvalue weighted by molar-refractivity contribution is 0.468. The monoisotopic (exact) mass is 469 g/mol. The predicted octanol–water partition coefficient (Wildman–Crippen LogP) is 3.53. The SMILES string of the molecule is Cn1cnc(S(=O)(=O)N2C[C@H](Nc3cc(Cl)c(Cl)cn3)[C@@H](c3ccc(F)cc3)C2)c1. The van der Waals surface area contributed by atoms with Crippen LogP contribution in [0.25, 0.3) is 0 Å². The molecule has 1 aliphatic rings. The van der Waals surface area contributed by atoms with Gasteiger partial charge in [0, 0.05) is 50.6 Å². The van der Waals surface area contributed by atoms with Gasteiger partial charge in [0.1, 0.15) is 11.6 Å². The Morgan fingerprint density at radius 3 is 2.50 bits per heavy atom. The van der Waals surface area contributed by atoms with E-state index in [9.17, 15) is 12.8 Å². The fourth-order valence-corrected chi connectivity index (χ4v) is 5.21. The summed E-state index contributed by atoms with van der Waals surface area (Å²) in [6.45, 7) is 0.395. The zero-order chi connectivity index (χ0) is 21.5. The highest BCUT2D eigenvalue weighted by Gasteiger charge is 2.41. The maximum absolute atomic E-state index is 13.4. The van der Waals surface area contributed by atoms with Crippen LogP contribution in [0.3, 0.4) is 0 Å². The predicted molar refractivity (Wildman–Crippen MR) is 113 cm³/mol. The van der Waals surface area contributed by atoms with Crippen LogP contribution in [-0.2, 0) is 17.1 Å². The van der Waals surface area contributed by atoms with Gasteiger partial charge in [0.25, 0.3) is 10.0 Å². The number of aromatic nitrogens is 3. The van der Waals surface area contributed by atoms with Crippen molar-refractivity contribution in [1.29, 1.82) is 0 Å². The Labute approximate surface area is 183 Å². The third-order valence-electron chi connectivity index (χ3n) is 5.01. The number of aryl methyl sites for hydroxylation is 1. The standard InChI is InChI=1S/C19H18Cl2FN5O2S/c1-26-10-19(24-11-26)30(28,29)27-8-14(12-2-4-13(22)5-3-12)17(9-27)25-18-6-15(20)16(21)7-23-18/h2-7,10-11,14,17H,8-9H2,1H3,(H,23,25)/t14-,17+/m1/s1. The number of hydrogen-bond donors (Lipinski definition) is 1. The molecule has 4 rings (SSSR count). The van der Waals surface area contributed by atoms with Crippen molar-refractivity contribution in [2.75, 3.05) is 18.4 Å². The largest absolute Gasteiger partial charge is 0.365 e. The molecule has 1 aliphatic heterocycles. The van der Waals surface area contributed by atoms with Gasteiger partial charge in [0.2, 0.25) is 0 Å². The molecule has 30 heavy (non-hydrogen) atoms. The van der Waals surface area contributed by atoms with E-state index < -0.39 is 10.0 Å². The van der Waals surface area contributed by atoms with E-state index in [1.807, 2.05) is 0 Å². The van der Waals surface area contributed by atoms with Crippen molar-refractivity contribution in [3.05, 3.63) is 70.5 Å². The van der Waals surface area contributed by atoms with E-state index in [0.29, 0.717) is 15.9 Å². The normalized spacial score (nSPS) is 19.9. The molecule has 0 spiro atoms. The fraction of sp³-hybridized carbons (Fsp3) is 0.263. The molecule has 0 bridgehead atoms. The Bertz CT molecular complexity index is 1170. The maximum atomic E-state index is 13.4. The second-order valence-corrected chi connectivity index (χ2v) is 9.79. The first-order valence-corrected chi connectivity index (χ1v) is 11.2. The van der Waals surface area contributed by atoms with Crippen LogP contribution in [-0.4, -0.2) is 46.4 Å². The molecule has 1 N–H and O–H groups in total. The van der Waals surface area contributed by atoms with Crippen LogP contribution in [0.5, 0.6) is 0 Å². The molecule has 158 valence electrons. The summed E-state index contributed by atoms with van der Waals surface area (Å²) in [6.07, 6.45) is 4.33. The maximum Gasteiger partial charge on any atom is 0.262 e. The highest BCUT2D eigenvalue weighted by atomic mass is 35.5.